The van der Waals surface area contributed by atoms with Crippen molar-refractivity contribution < 1.29 is 29.0 Å². The molecule has 0 rings (SSSR count). The molecule has 0 radical (unpaired) electrons. The summed E-state index contributed by atoms with van der Waals surface area (Å²) in [5, 5.41) is 13.2. The van der Waals surface area contributed by atoms with E-state index in [0.29, 0.717) is 12.8 Å². The number of unbranched alkanes of at least 4 members (excludes halogenated alkanes) is 5. The van der Waals surface area contributed by atoms with Crippen LogP contribution in [-0.2, 0) is 23.9 Å². The van der Waals surface area contributed by atoms with Gasteiger partial charge in [0.25, 0.3) is 0 Å². The molecule has 0 aliphatic carbocycles. The van der Waals surface area contributed by atoms with Crippen LogP contribution in [0.4, 0.5) is 0 Å². The van der Waals surface area contributed by atoms with Crippen LogP contribution in [0.25, 0.3) is 0 Å². The third-order valence-electron chi connectivity index (χ3n) is 3.15. The zero-order valence-corrected chi connectivity index (χ0v) is 13.6. The first-order valence-electron chi connectivity index (χ1n) is 7.77. The van der Waals surface area contributed by atoms with Crippen molar-refractivity contribution in [3.8, 4) is 0 Å². The first-order valence-corrected chi connectivity index (χ1v) is 7.77. The van der Waals surface area contributed by atoms with Crippen molar-refractivity contribution >= 4 is 23.8 Å². The summed E-state index contributed by atoms with van der Waals surface area (Å²) in [7, 11) is 1.27. The number of aliphatic carboxylic acids is 1. The van der Waals surface area contributed by atoms with Crippen LogP contribution in [-0.4, -0.2) is 49.1 Å². The molecule has 8 heteroatoms. The molecule has 132 valence electrons. The quantitative estimate of drug-likeness (QED) is 0.336. The molecule has 2 amide bonds. The Hall–Kier alpha value is -2.12. The number of hydrogen-bond donors (Lipinski definition) is 3. The second-order valence-corrected chi connectivity index (χ2v) is 5.14. The number of carbonyl (C=O) groups excluding carboxylic acids is 3. The average Bonchev–Trinajstić information content (AvgIpc) is 2.52. The van der Waals surface area contributed by atoms with E-state index in [-0.39, 0.29) is 24.9 Å². The van der Waals surface area contributed by atoms with E-state index in [4.69, 9.17) is 5.11 Å². The van der Waals surface area contributed by atoms with E-state index in [1.807, 2.05) is 0 Å². The molecule has 0 atom stereocenters. The molecule has 0 unspecified atom stereocenters. The molecular formula is C15H26N2O6. The topological polar surface area (TPSA) is 122 Å². The lowest BCUT2D eigenvalue weighted by Gasteiger charge is -2.04. The van der Waals surface area contributed by atoms with E-state index in [2.05, 4.69) is 15.4 Å². The van der Waals surface area contributed by atoms with Crippen LogP contribution in [0.15, 0.2) is 0 Å². The van der Waals surface area contributed by atoms with E-state index in [1.54, 1.807) is 0 Å². The van der Waals surface area contributed by atoms with Crippen LogP contribution in [0.3, 0.4) is 0 Å². The molecule has 0 saturated carbocycles. The monoisotopic (exact) mass is 330 g/mol. The summed E-state index contributed by atoms with van der Waals surface area (Å²) in [5.74, 6) is -1.92. The lowest BCUT2D eigenvalue weighted by atomic mass is 10.1. The van der Waals surface area contributed by atoms with E-state index in [9.17, 15) is 19.2 Å². The highest BCUT2D eigenvalue weighted by Gasteiger charge is 2.05. The summed E-state index contributed by atoms with van der Waals surface area (Å²) in [6.07, 6.45) is 5.96. The summed E-state index contributed by atoms with van der Waals surface area (Å²) in [6.45, 7) is -0.434. The summed E-state index contributed by atoms with van der Waals surface area (Å²) >= 11 is 0. The lowest BCUT2D eigenvalue weighted by Crippen LogP contribution is -2.29. The smallest absolute Gasteiger partial charge is 0.325 e. The number of rotatable bonds is 13. The Morgan fingerprint density at radius 3 is 1.65 bits per heavy atom. The maximum absolute atomic E-state index is 11.4. The third-order valence-corrected chi connectivity index (χ3v) is 3.15. The van der Waals surface area contributed by atoms with E-state index >= 15 is 0 Å². The number of ether oxygens (including phenoxy) is 1. The molecule has 23 heavy (non-hydrogen) atoms. The Balaban J connectivity index is 3.36. The van der Waals surface area contributed by atoms with Gasteiger partial charge in [-0.2, -0.15) is 0 Å². The van der Waals surface area contributed by atoms with Crippen molar-refractivity contribution in [2.45, 2.75) is 51.4 Å². The second kappa shape index (κ2) is 13.5. The van der Waals surface area contributed by atoms with Crippen LogP contribution in [0, 0.1) is 0 Å². The normalized spacial score (nSPS) is 9.96. The molecule has 0 saturated heterocycles. The number of hydrogen-bond acceptors (Lipinski definition) is 5. The van der Waals surface area contributed by atoms with Crippen LogP contribution in [0.5, 0.6) is 0 Å². The summed E-state index contributed by atoms with van der Waals surface area (Å²) in [6, 6.07) is 0. The van der Waals surface area contributed by atoms with Gasteiger partial charge >= 0.3 is 11.9 Å². The number of esters is 1. The predicted molar refractivity (Wildman–Crippen MR) is 82.6 cm³/mol. The lowest BCUT2D eigenvalue weighted by molar-refractivity contribution is -0.141. The Labute approximate surface area is 136 Å². The van der Waals surface area contributed by atoms with E-state index < -0.39 is 11.9 Å². The van der Waals surface area contributed by atoms with Gasteiger partial charge < -0.3 is 20.5 Å². The van der Waals surface area contributed by atoms with Crippen LogP contribution in [0.1, 0.15) is 51.4 Å². The maximum Gasteiger partial charge on any atom is 0.325 e. The third kappa shape index (κ3) is 14.6. The number of amides is 2. The molecule has 0 aromatic heterocycles. The Morgan fingerprint density at radius 2 is 1.22 bits per heavy atom. The van der Waals surface area contributed by atoms with Gasteiger partial charge in [0.15, 0.2) is 0 Å². The number of nitrogens with one attached hydrogen (secondary N) is 2. The number of carboxylic acids is 1. The van der Waals surface area contributed by atoms with Crippen molar-refractivity contribution in [3.63, 3.8) is 0 Å². The molecule has 0 aliphatic rings. The standard InChI is InChI=1S/C15H26N2O6/c1-23-15(22)11-17-13(19)9-7-5-3-2-4-6-8-12(18)16-10-14(20)21/h2-11H2,1H3,(H,16,18)(H,17,19)(H,20,21). The minimum absolute atomic E-state index is 0.0979. The molecule has 0 heterocycles. The largest absolute Gasteiger partial charge is 0.480 e. The molecule has 3 N–H and O–H groups in total. The van der Waals surface area contributed by atoms with Crippen molar-refractivity contribution in [3.05, 3.63) is 0 Å². The van der Waals surface area contributed by atoms with Crippen molar-refractivity contribution in [1.82, 2.24) is 10.6 Å². The van der Waals surface area contributed by atoms with Gasteiger partial charge in [0.2, 0.25) is 11.8 Å². The highest BCUT2D eigenvalue weighted by molar-refractivity contribution is 5.82. The van der Waals surface area contributed by atoms with Gasteiger partial charge in [-0.05, 0) is 12.8 Å². The Kier molecular flexibility index (Phi) is 12.3. The second-order valence-electron chi connectivity index (χ2n) is 5.14. The fourth-order valence-corrected chi connectivity index (χ4v) is 1.87. The van der Waals surface area contributed by atoms with Gasteiger partial charge in [0.05, 0.1) is 7.11 Å². The van der Waals surface area contributed by atoms with Crippen molar-refractivity contribution in [2.75, 3.05) is 20.2 Å². The highest BCUT2D eigenvalue weighted by atomic mass is 16.5. The molecule has 0 aromatic rings. The molecular weight excluding hydrogens is 304 g/mol. The predicted octanol–water partition coefficient (Wildman–Crippen LogP) is 0.597. The molecule has 0 spiro atoms. The summed E-state index contributed by atoms with van der Waals surface area (Å²) in [5.41, 5.74) is 0. The molecule has 0 fully saturated rings. The Bertz CT molecular complexity index is 397. The van der Waals surface area contributed by atoms with E-state index in [0.717, 1.165) is 38.5 Å². The van der Waals surface area contributed by atoms with Crippen LogP contribution >= 0.6 is 0 Å². The fraction of sp³-hybridized carbons (Fsp3) is 0.733. The van der Waals surface area contributed by atoms with Crippen molar-refractivity contribution in [1.29, 1.82) is 0 Å². The van der Waals surface area contributed by atoms with Gasteiger partial charge in [-0.1, -0.05) is 25.7 Å². The molecule has 8 nitrogen and oxygen atoms in total. The first kappa shape index (κ1) is 20.9. The van der Waals surface area contributed by atoms with Crippen LogP contribution in [0.2, 0.25) is 0 Å². The van der Waals surface area contributed by atoms with Crippen molar-refractivity contribution in [2.24, 2.45) is 0 Å². The number of carbonyl (C=O) groups is 4. The number of carboxylic acid groups (broad SMARTS) is 1. The molecule has 0 aliphatic heterocycles. The van der Waals surface area contributed by atoms with Gasteiger partial charge in [-0.3, -0.25) is 19.2 Å². The maximum atomic E-state index is 11.4. The zero-order chi connectivity index (χ0) is 17.5. The highest BCUT2D eigenvalue weighted by Crippen LogP contribution is 2.08. The molecule has 0 bridgehead atoms. The summed E-state index contributed by atoms with van der Waals surface area (Å²) < 4.78 is 4.41. The first-order chi connectivity index (χ1) is 11.0. The SMILES string of the molecule is COC(=O)CNC(=O)CCCCCCCCC(=O)NCC(=O)O. The van der Waals surface area contributed by atoms with Gasteiger partial charge in [-0.15, -0.1) is 0 Å². The van der Waals surface area contributed by atoms with Crippen LogP contribution < -0.4 is 10.6 Å². The minimum Gasteiger partial charge on any atom is -0.480 e. The Morgan fingerprint density at radius 1 is 0.783 bits per heavy atom. The molecule has 0 aromatic carbocycles. The van der Waals surface area contributed by atoms with E-state index in [1.165, 1.54) is 7.11 Å². The van der Waals surface area contributed by atoms with Gasteiger partial charge in [-0.25, -0.2) is 0 Å². The number of methoxy groups -OCH3 is 1. The van der Waals surface area contributed by atoms with Gasteiger partial charge in [0.1, 0.15) is 13.1 Å². The van der Waals surface area contributed by atoms with Gasteiger partial charge in [0, 0.05) is 12.8 Å². The summed E-state index contributed by atoms with van der Waals surface area (Å²) in [4.78, 5) is 43.7. The zero-order valence-electron chi connectivity index (χ0n) is 13.6. The minimum atomic E-state index is -1.05. The average molecular weight is 330 g/mol. The fourth-order valence-electron chi connectivity index (χ4n) is 1.87.